The van der Waals surface area contributed by atoms with Gasteiger partial charge in [-0.25, -0.2) is 0 Å². The lowest BCUT2D eigenvalue weighted by atomic mass is 10.1. The summed E-state index contributed by atoms with van der Waals surface area (Å²) >= 11 is 1.54. The van der Waals surface area contributed by atoms with E-state index in [1.54, 1.807) is 22.1 Å². The van der Waals surface area contributed by atoms with E-state index in [-0.39, 0.29) is 17.6 Å². The number of aryl methyl sites for hydroxylation is 2. The van der Waals surface area contributed by atoms with E-state index < -0.39 is 0 Å². The van der Waals surface area contributed by atoms with Crippen molar-refractivity contribution in [3.8, 4) is 10.6 Å². The van der Waals surface area contributed by atoms with E-state index in [0.29, 0.717) is 5.76 Å². The molecule has 3 heterocycles. The average molecular weight is 316 g/mol. The second-order valence-corrected chi connectivity index (χ2v) is 6.04. The van der Waals surface area contributed by atoms with Crippen LogP contribution in [0.5, 0.6) is 0 Å². The van der Waals surface area contributed by atoms with E-state index in [0.717, 1.165) is 16.1 Å². The predicted molar refractivity (Wildman–Crippen MR) is 83.6 cm³/mol. The second kappa shape index (κ2) is 5.76. The molecule has 0 aliphatic heterocycles. The summed E-state index contributed by atoms with van der Waals surface area (Å²) in [6, 6.07) is 5.36. The summed E-state index contributed by atoms with van der Waals surface area (Å²) in [7, 11) is 1.86. The van der Waals surface area contributed by atoms with Gasteiger partial charge < -0.3 is 9.84 Å². The largest absolute Gasteiger partial charge is 0.355 e. The number of thiophene rings is 1. The molecule has 0 unspecified atom stereocenters. The highest BCUT2D eigenvalue weighted by molar-refractivity contribution is 7.13. The summed E-state index contributed by atoms with van der Waals surface area (Å²) in [5.74, 6) is 0.340. The average Bonchev–Trinajstić information content (AvgIpc) is 3.17. The van der Waals surface area contributed by atoms with Gasteiger partial charge in [-0.1, -0.05) is 11.2 Å². The van der Waals surface area contributed by atoms with Crippen LogP contribution in [-0.4, -0.2) is 20.8 Å². The number of nitrogens with zero attached hydrogens (tertiary/aromatic N) is 3. The van der Waals surface area contributed by atoms with Crippen LogP contribution in [0, 0.1) is 6.92 Å². The standard InChI is InChI=1S/C15H16N4O2S/c1-9(11-8-19(3)17-10(11)2)16-15(20)12-7-13(21-18-12)14-5-4-6-22-14/h4-9H,1-3H3,(H,16,20)/t9-/m0/s1. The maximum atomic E-state index is 12.3. The minimum absolute atomic E-state index is 0.150. The lowest BCUT2D eigenvalue weighted by molar-refractivity contribution is 0.0931. The maximum absolute atomic E-state index is 12.3. The Kier molecular flexibility index (Phi) is 3.81. The van der Waals surface area contributed by atoms with Crippen molar-refractivity contribution in [2.75, 3.05) is 0 Å². The summed E-state index contributed by atoms with van der Waals surface area (Å²) in [4.78, 5) is 13.2. The Bertz CT molecular complexity index is 788. The maximum Gasteiger partial charge on any atom is 0.273 e. The van der Waals surface area contributed by atoms with Crippen LogP contribution in [0.2, 0.25) is 0 Å². The fourth-order valence-electron chi connectivity index (χ4n) is 2.31. The van der Waals surface area contributed by atoms with Crippen LogP contribution in [0.15, 0.2) is 34.3 Å². The molecule has 1 atom stereocenters. The highest BCUT2D eigenvalue weighted by Crippen LogP contribution is 2.25. The van der Waals surface area contributed by atoms with E-state index in [2.05, 4.69) is 15.6 Å². The van der Waals surface area contributed by atoms with Crippen LogP contribution in [-0.2, 0) is 7.05 Å². The first-order valence-electron chi connectivity index (χ1n) is 6.86. The van der Waals surface area contributed by atoms with Crippen LogP contribution in [0.3, 0.4) is 0 Å². The Balaban J connectivity index is 1.73. The van der Waals surface area contributed by atoms with Gasteiger partial charge >= 0.3 is 0 Å². The van der Waals surface area contributed by atoms with Crippen LogP contribution < -0.4 is 5.32 Å². The zero-order chi connectivity index (χ0) is 15.7. The van der Waals surface area contributed by atoms with Gasteiger partial charge in [0.1, 0.15) is 0 Å². The topological polar surface area (TPSA) is 73.0 Å². The number of amides is 1. The Morgan fingerprint density at radius 3 is 2.95 bits per heavy atom. The molecule has 3 aromatic heterocycles. The number of rotatable bonds is 4. The summed E-state index contributed by atoms with van der Waals surface area (Å²) in [6.07, 6.45) is 1.90. The van der Waals surface area contributed by atoms with Crippen LogP contribution >= 0.6 is 11.3 Å². The molecular formula is C15H16N4O2S. The Morgan fingerprint density at radius 2 is 2.32 bits per heavy atom. The molecule has 0 saturated heterocycles. The van der Waals surface area contributed by atoms with Gasteiger partial charge in [-0.15, -0.1) is 11.3 Å². The zero-order valence-electron chi connectivity index (χ0n) is 12.5. The van der Waals surface area contributed by atoms with Crippen molar-refractivity contribution in [1.82, 2.24) is 20.3 Å². The highest BCUT2D eigenvalue weighted by atomic mass is 32.1. The molecule has 1 N–H and O–H groups in total. The molecule has 0 aliphatic rings. The van der Waals surface area contributed by atoms with Gasteiger partial charge in [-0.05, 0) is 25.3 Å². The molecular weight excluding hydrogens is 300 g/mol. The van der Waals surface area contributed by atoms with Crippen molar-refractivity contribution in [3.63, 3.8) is 0 Å². The molecule has 0 aliphatic carbocycles. The summed E-state index contributed by atoms with van der Waals surface area (Å²) < 4.78 is 6.96. The fraction of sp³-hybridized carbons (Fsp3) is 0.267. The number of aromatic nitrogens is 3. The minimum atomic E-state index is -0.262. The van der Waals surface area contributed by atoms with E-state index in [4.69, 9.17) is 4.52 Å². The molecule has 0 fully saturated rings. The SMILES string of the molecule is Cc1nn(C)cc1[C@H](C)NC(=O)c1cc(-c2cccs2)on1. The third-order valence-electron chi connectivity index (χ3n) is 3.37. The van der Waals surface area contributed by atoms with Crippen molar-refractivity contribution in [1.29, 1.82) is 0 Å². The van der Waals surface area contributed by atoms with E-state index in [9.17, 15) is 4.79 Å². The van der Waals surface area contributed by atoms with Crippen LogP contribution in [0.4, 0.5) is 0 Å². The van der Waals surface area contributed by atoms with Gasteiger partial charge in [0, 0.05) is 24.9 Å². The summed E-state index contributed by atoms with van der Waals surface area (Å²) in [6.45, 7) is 3.84. The lowest BCUT2D eigenvalue weighted by Crippen LogP contribution is -2.27. The second-order valence-electron chi connectivity index (χ2n) is 5.09. The van der Waals surface area contributed by atoms with Gasteiger partial charge in [0.2, 0.25) is 0 Å². The molecule has 1 amide bonds. The third kappa shape index (κ3) is 2.80. The summed E-state index contributed by atoms with van der Waals surface area (Å²) in [5, 5.41) is 13.0. The number of hydrogen-bond acceptors (Lipinski definition) is 5. The smallest absolute Gasteiger partial charge is 0.273 e. The predicted octanol–water partition coefficient (Wildman–Crippen LogP) is 2.94. The fourth-order valence-corrected chi connectivity index (χ4v) is 2.98. The first-order valence-corrected chi connectivity index (χ1v) is 7.74. The Hall–Kier alpha value is -2.41. The van der Waals surface area contributed by atoms with Crippen molar-refractivity contribution in [2.24, 2.45) is 7.05 Å². The van der Waals surface area contributed by atoms with Gasteiger partial charge in [0.15, 0.2) is 11.5 Å². The monoisotopic (exact) mass is 316 g/mol. The van der Waals surface area contributed by atoms with Crippen LogP contribution in [0.1, 0.15) is 34.7 Å². The number of carbonyl (C=O) groups excluding carboxylic acids is 1. The van der Waals surface area contributed by atoms with Gasteiger partial charge in [0.05, 0.1) is 16.6 Å². The van der Waals surface area contributed by atoms with Gasteiger partial charge in [-0.3, -0.25) is 9.48 Å². The Morgan fingerprint density at radius 1 is 1.50 bits per heavy atom. The number of nitrogens with one attached hydrogen (secondary N) is 1. The first kappa shape index (κ1) is 14.5. The molecule has 0 spiro atoms. The normalized spacial score (nSPS) is 12.3. The van der Waals surface area contributed by atoms with E-state index in [1.807, 2.05) is 44.6 Å². The molecule has 3 rings (SSSR count). The molecule has 7 heteroatoms. The van der Waals surface area contributed by atoms with E-state index >= 15 is 0 Å². The first-order chi connectivity index (χ1) is 10.5. The van der Waals surface area contributed by atoms with E-state index in [1.165, 1.54) is 0 Å². The Labute approximate surface area is 131 Å². The lowest BCUT2D eigenvalue weighted by Gasteiger charge is -2.11. The van der Waals surface area contributed by atoms with Crippen molar-refractivity contribution < 1.29 is 9.32 Å². The van der Waals surface area contributed by atoms with Gasteiger partial charge in [-0.2, -0.15) is 5.10 Å². The van der Waals surface area contributed by atoms with Crippen molar-refractivity contribution in [3.05, 3.63) is 46.7 Å². The molecule has 6 nitrogen and oxygen atoms in total. The zero-order valence-corrected chi connectivity index (χ0v) is 13.3. The molecule has 0 aromatic carbocycles. The molecule has 0 bridgehead atoms. The third-order valence-corrected chi connectivity index (χ3v) is 4.26. The van der Waals surface area contributed by atoms with Crippen molar-refractivity contribution >= 4 is 17.2 Å². The number of carbonyl (C=O) groups is 1. The molecule has 22 heavy (non-hydrogen) atoms. The molecule has 3 aromatic rings. The van der Waals surface area contributed by atoms with Crippen LogP contribution in [0.25, 0.3) is 10.6 Å². The number of hydrogen-bond donors (Lipinski definition) is 1. The quantitative estimate of drug-likeness (QED) is 0.803. The summed E-state index contributed by atoms with van der Waals surface area (Å²) in [5.41, 5.74) is 2.16. The highest BCUT2D eigenvalue weighted by Gasteiger charge is 2.19. The molecule has 0 radical (unpaired) electrons. The van der Waals surface area contributed by atoms with Gasteiger partial charge in [0.25, 0.3) is 5.91 Å². The van der Waals surface area contributed by atoms with Crippen molar-refractivity contribution in [2.45, 2.75) is 19.9 Å². The molecule has 0 saturated carbocycles. The molecule has 114 valence electrons. The minimum Gasteiger partial charge on any atom is -0.355 e.